The van der Waals surface area contributed by atoms with E-state index in [1.54, 1.807) is 0 Å². The van der Waals surface area contributed by atoms with Crippen LogP contribution in [-0.4, -0.2) is 8.07 Å². The molecule has 0 fully saturated rings. The minimum Gasteiger partial charge on any atom is -0.428 e. The maximum atomic E-state index is 12.6. The molecule has 0 aliphatic rings. The highest BCUT2D eigenvalue weighted by Gasteiger charge is 2.28. The van der Waals surface area contributed by atoms with E-state index in [2.05, 4.69) is 50.0 Å². The van der Waals surface area contributed by atoms with Gasteiger partial charge in [-0.3, -0.25) is 0 Å². The molecule has 0 saturated carbocycles. The fourth-order valence-corrected chi connectivity index (χ4v) is 4.86. The maximum Gasteiger partial charge on any atom is 0.335 e. The molecular formula is C20H22O2Si. The lowest BCUT2D eigenvalue weighted by atomic mass is 9.98. The summed E-state index contributed by atoms with van der Waals surface area (Å²) in [6, 6.07) is 14.7. The molecular weight excluding hydrogens is 300 g/mol. The standard InChI is InChI=1S/C20H22O2Si/c1-13-14(2)22-20(21)19(23(3,4)5)18(13)17-11-10-15-8-6-7-9-16(15)12-17/h6-12H,1-5H3. The van der Waals surface area contributed by atoms with Gasteiger partial charge in [-0.1, -0.05) is 56.0 Å². The summed E-state index contributed by atoms with van der Waals surface area (Å²) in [5.74, 6) is 0.708. The van der Waals surface area contributed by atoms with Crippen LogP contribution in [0.1, 0.15) is 11.3 Å². The first-order valence-corrected chi connectivity index (χ1v) is 11.4. The Morgan fingerprint density at radius 1 is 0.913 bits per heavy atom. The van der Waals surface area contributed by atoms with Crippen molar-refractivity contribution in [3.05, 3.63) is 64.2 Å². The molecule has 0 radical (unpaired) electrons. The normalized spacial score (nSPS) is 11.9. The van der Waals surface area contributed by atoms with Crippen molar-refractivity contribution in [3.63, 3.8) is 0 Å². The van der Waals surface area contributed by atoms with Gasteiger partial charge in [0.2, 0.25) is 0 Å². The maximum absolute atomic E-state index is 12.6. The van der Waals surface area contributed by atoms with E-state index >= 15 is 0 Å². The van der Waals surface area contributed by atoms with Gasteiger partial charge in [0.25, 0.3) is 0 Å². The van der Waals surface area contributed by atoms with Crippen molar-refractivity contribution in [2.75, 3.05) is 0 Å². The van der Waals surface area contributed by atoms with Gasteiger partial charge in [0.1, 0.15) is 5.76 Å². The average molecular weight is 322 g/mol. The first-order chi connectivity index (χ1) is 10.8. The lowest BCUT2D eigenvalue weighted by Crippen LogP contribution is -2.48. The molecule has 0 saturated heterocycles. The second kappa shape index (κ2) is 5.50. The van der Waals surface area contributed by atoms with Crippen molar-refractivity contribution in [2.45, 2.75) is 33.5 Å². The molecule has 3 aromatic rings. The van der Waals surface area contributed by atoms with Crippen molar-refractivity contribution in [2.24, 2.45) is 0 Å². The van der Waals surface area contributed by atoms with Crippen LogP contribution in [0.25, 0.3) is 21.9 Å². The summed E-state index contributed by atoms with van der Waals surface area (Å²) in [6.45, 7) is 10.5. The van der Waals surface area contributed by atoms with Crippen molar-refractivity contribution in [3.8, 4) is 11.1 Å². The van der Waals surface area contributed by atoms with Gasteiger partial charge in [0, 0.05) is 5.19 Å². The van der Waals surface area contributed by atoms with E-state index in [-0.39, 0.29) is 5.63 Å². The van der Waals surface area contributed by atoms with Crippen LogP contribution in [0.15, 0.2) is 51.7 Å². The van der Waals surface area contributed by atoms with Crippen LogP contribution in [0.5, 0.6) is 0 Å². The Balaban J connectivity index is 2.39. The Morgan fingerprint density at radius 2 is 1.57 bits per heavy atom. The molecule has 0 bridgehead atoms. The van der Waals surface area contributed by atoms with Crippen LogP contribution in [0.4, 0.5) is 0 Å². The highest BCUT2D eigenvalue weighted by Crippen LogP contribution is 2.28. The molecule has 1 aromatic heterocycles. The first-order valence-electron chi connectivity index (χ1n) is 7.93. The fourth-order valence-electron chi connectivity index (χ4n) is 3.12. The van der Waals surface area contributed by atoms with E-state index in [1.807, 2.05) is 26.0 Å². The van der Waals surface area contributed by atoms with Crippen LogP contribution in [0.3, 0.4) is 0 Å². The summed E-state index contributed by atoms with van der Waals surface area (Å²) in [4.78, 5) is 12.6. The summed E-state index contributed by atoms with van der Waals surface area (Å²) in [6.07, 6.45) is 0. The summed E-state index contributed by atoms with van der Waals surface area (Å²) in [5, 5.41) is 3.29. The summed E-state index contributed by atoms with van der Waals surface area (Å²) < 4.78 is 5.49. The molecule has 0 amide bonds. The number of benzene rings is 2. The van der Waals surface area contributed by atoms with E-state index in [0.717, 1.165) is 21.9 Å². The SMILES string of the molecule is Cc1oc(=O)c([Si](C)(C)C)c(-c2ccc3ccccc3c2)c1C. The van der Waals surface area contributed by atoms with Gasteiger partial charge in [0.15, 0.2) is 0 Å². The lowest BCUT2D eigenvalue weighted by molar-refractivity contribution is 0.481. The Labute approximate surface area is 137 Å². The molecule has 0 aliphatic carbocycles. The molecule has 23 heavy (non-hydrogen) atoms. The van der Waals surface area contributed by atoms with Gasteiger partial charge < -0.3 is 4.42 Å². The molecule has 118 valence electrons. The number of rotatable bonds is 2. The van der Waals surface area contributed by atoms with E-state index in [4.69, 9.17) is 4.42 Å². The number of hydrogen-bond donors (Lipinski definition) is 0. The third-order valence-electron chi connectivity index (χ3n) is 4.39. The summed E-state index contributed by atoms with van der Waals surface area (Å²) >= 11 is 0. The first kappa shape index (κ1) is 15.8. The van der Waals surface area contributed by atoms with Gasteiger partial charge in [-0.05, 0) is 47.4 Å². The summed E-state index contributed by atoms with van der Waals surface area (Å²) in [5.41, 5.74) is 3.08. The molecule has 3 heteroatoms. The molecule has 2 aromatic carbocycles. The highest BCUT2D eigenvalue weighted by molar-refractivity contribution is 6.89. The Kier molecular flexibility index (Phi) is 3.76. The molecule has 3 rings (SSSR count). The fraction of sp³-hybridized carbons (Fsp3) is 0.250. The van der Waals surface area contributed by atoms with Crippen LogP contribution in [0, 0.1) is 13.8 Å². The third kappa shape index (κ3) is 2.77. The highest BCUT2D eigenvalue weighted by atomic mass is 28.3. The topological polar surface area (TPSA) is 30.2 Å². The van der Waals surface area contributed by atoms with E-state index in [1.165, 1.54) is 10.8 Å². The van der Waals surface area contributed by atoms with Gasteiger partial charge >= 0.3 is 5.63 Å². The zero-order valence-corrected chi connectivity index (χ0v) is 15.4. The average Bonchev–Trinajstić information content (AvgIpc) is 2.49. The third-order valence-corrected chi connectivity index (χ3v) is 6.35. The smallest absolute Gasteiger partial charge is 0.335 e. The van der Waals surface area contributed by atoms with Gasteiger partial charge in [-0.2, -0.15) is 0 Å². The molecule has 0 aliphatic heterocycles. The van der Waals surface area contributed by atoms with E-state index < -0.39 is 8.07 Å². The van der Waals surface area contributed by atoms with Gasteiger partial charge in [-0.25, -0.2) is 4.79 Å². The Morgan fingerprint density at radius 3 is 2.22 bits per heavy atom. The van der Waals surface area contributed by atoms with E-state index in [9.17, 15) is 4.79 Å². The molecule has 2 nitrogen and oxygen atoms in total. The summed E-state index contributed by atoms with van der Waals surface area (Å²) in [7, 11) is -1.83. The van der Waals surface area contributed by atoms with Gasteiger partial charge in [-0.15, -0.1) is 0 Å². The van der Waals surface area contributed by atoms with Crippen LogP contribution < -0.4 is 10.8 Å². The zero-order chi connectivity index (χ0) is 16.8. The molecule has 0 spiro atoms. The zero-order valence-electron chi connectivity index (χ0n) is 14.4. The van der Waals surface area contributed by atoms with Gasteiger partial charge in [0.05, 0.1) is 8.07 Å². The van der Waals surface area contributed by atoms with Crippen molar-refractivity contribution >= 4 is 24.0 Å². The van der Waals surface area contributed by atoms with Crippen molar-refractivity contribution in [1.82, 2.24) is 0 Å². The second-order valence-corrected chi connectivity index (χ2v) is 12.1. The molecule has 0 unspecified atom stereocenters. The predicted molar refractivity (Wildman–Crippen MR) is 100 cm³/mol. The lowest BCUT2D eigenvalue weighted by Gasteiger charge is -2.22. The van der Waals surface area contributed by atoms with Crippen LogP contribution >= 0.6 is 0 Å². The molecule has 1 heterocycles. The Bertz CT molecular complexity index is 946. The predicted octanol–water partition coefficient (Wildman–Crippen LogP) is 4.62. The largest absolute Gasteiger partial charge is 0.428 e. The number of fused-ring (bicyclic) bond motifs is 1. The monoisotopic (exact) mass is 322 g/mol. The van der Waals surface area contributed by atoms with E-state index in [0.29, 0.717) is 5.76 Å². The van der Waals surface area contributed by atoms with Crippen LogP contribution in [-0.2, 0) is 0 Å². The van der Waals surface area contributed by atoms with Crippen molar-refractivity contribution < 1.29 is 4.42 Å². The van der Waals surface area contributed by atoms with Crippen LogP contribution in [0.2, 0.25) is 19.6 Å². The quantitative estimate of drug-likeness (QED) is 0.644. The number of hydrogen-bond acceptors (Lipinski definition) is 2. The number of aryl methyl sites for hydroxylation is 1. The van der Waals surface area contributed by atoms with Crippen molar-refractivity contribution in [1.29, 1.82) is 0 Å². The minimum absolute atomic E-state index is 0.171. The minimum atomic E-state index is -1.83. The second-order valence-electron chi connectivity index (χ2n) is 7.13. The Hall–Kier alpha value is -2.13. The molecule has 0 atom stereocenters. The molecule has 0 N–H and O–H groups in total.